The number of carbonyl (C=O) groups is 1. The summed E-state index contributed by atoms with van der Waals surface area (Å²) in [5.74, 6) is -0.0545. The highest BCUT2D eigenvalue weighted by Crippen LogP contribution is 2.18. The van der Waals surface area contributed by atoms with Crippen molar-refractivity contribution in [3.63, 3.8) is 0 Å². The first-order valence-corrected chi connectivity index (χ1v) is 6.71. The molecule has 0 radical (unpaired) electrons. The molecule has 0 bridgehead atoms. The molecule has 0 aliphatic carbocycles. The molecule has 0 saturated carbocycles. The predicted molar refractivity (Wildman–Crippen MR) is 82.7 cm³/mol. The van der Waals surface area contributed by atoms with Crippen LogP contribution in [0.4, 0.5) is 5.69 Å². The van der Waals surface area contributed by atoms with Crippen LogP contribution < -0.4 is 11.1 Å². The lowest BCUT2D eigenvalue weighted by molar-refractivity contribution is 0.0939. The predicted octanol–water partition coefficient (Wildman–Crippen LogP) is 3.38. The molecule has 0 aliphatic heterocycles. The molecule has 0 aliphatic rings. The number of rotatable bonds is 3. The average Bonchev–Trinajstić information content (AvgIpc) is 2.41. The number of carbonyl (C=O) groups excluding carboxylic acids is 1. The normalized spacial score (nSPS) is 11.9. The summed E-state index contributed by atoms with van der Waals surface area (Å²) in [7, 11) is 0. The number of nitrogen functional groups attached to an aromatic ring is 1. The van der Waals surface area contributed by atoms with Crippen LogP contribution in [0.2, 0.25) is 0 Å². The smallest absolute Gasteiger partial charge is 0.252 e. The van der Waals surface area contributed by atoms with Gasteiger partial charge in [0.25, 0.3) is 5.91 Å². The topological polar surface area (TPSA) is 55.1 Å². The summed E-state index contributed by atoms with van der Waals surface area (Å²) < 4.78 is 0. The van der Waals surface area contributed by atoms with Crippen molar-refractivity contribution in [3.8, 4) is 0 Å². The van der Waals surface area contributed by atoms with E-state index in [4.69, 9.17) is 5.73 Å². The van der Waals surface area contributed by atoms with Gasteiger partial charge in [-0.15, -0.1) is 0 Å². The van der Waals surface area contributed by atoms with Crippen molar-refractivity contribution in [2.24, 2.45) is 0 Å². The third kappa shape index (κ3) is 2.99. The molecule has 2 aromatic carbocycles. The summed E-state index contributed by atoms with van der Waals surface area (Å²) in [5, 5.41) is 3.01. The van der Waals surface area contributed by atoms with Gasteiger partial charge in [0.15, 0.2) is 0 Å². The molecule has 1 unspecified atom stereocenters. The second-order valence-electron chi connectivity index (χ2n) is 5.11. The van der Waals surface area contributed by atoms with Crippen LogP contribution in [-0.4, -0.2) is 5.91 Å². The molecule has 3 heteroatoms. The van der Waals surface area contributed by atoms with E-state index in [-0.39, 0.29) is 11.9 Å². The standard InChI is InChI=1S/C17H20N2O/c1-11-6-4-9-16(12(11)2)17(20)19-13(3)14-7-5-8-15(18)10-14/h4-10,13H,18H2,1-3H3,(H,19,20). The van der Waals surface area contributed by atoms with E-state index in [2.05, 4.69) is 5.32 Å². The summed E-state index contributed by atoms with van der Waals surface area (Å²) in [4.78, 5) is 12.3. The first-order valence-electron chi connectivity index (χ1n) is 6.71. The number of hydrogen-bond donors (Lipinski definition) is 2. The zero-order valence-electron chi connectivity index (χ0n) is 12.1. The Hall–Kier alpha value is -2.29. The van der Waals surface area contributed by atoms with Gasteiger partial charge in [0.05, 0.1) is 6.04 Å². The molecule has 3 nitrogen and oxygen atoms in total. The second kappa shape index (κ2) is 5.78. The first-order chi connectivity index (χ1) is 9.49. The number of amides is 1. The fraction of sp³-hybridized carbons (Fsp3) is 0.235. The number of nitrogens with one attached hydrogen (secondary N) is 1. The molecule has 1 amide bonds. The SMILES string of the molecule is Cc1cccc(C(=O)NC(C)c2cccc(N)c2)c1C. The number of aryl methyl sites for hydroxylation is 1. The number of benzene rings is 2. The van der Waals surface area contributed by atoms with Gasteiger partial charge in [-0.2, -0.15) is 0 Å². The second-order valence-corrected chi connectivity index (χ2v) is 5.11. The Balaban J connectivity index is 2.17. The van der Waals surface area contributed by atoms with Gasteiger partial charge in [0.2, 0.25) is 0 Å². The summed E-state index contributed by atoms with van der Waals surface area (Å²) in [5.41, 5.74) is 10.3. The lowest BCUT2D eigenvalue weighted by Crippen LogP contribution is -2.27. The molecule has 2 rings (SSSR count). The average molecular weight is 268 g/mol. The minimum absolute atomic E-state index is 0.0545. The lowest BCUT2D eigenvalue weighted by atomic mass is 10.0. The third-order valence-electron chi connectivity index (χ3n) is 3.61. The van der Waals surface area contributed by atoms with Gasteiger partial charge in [-0.05, 0) is 55.7 Å². The van der Waals surface area contributed by atoms with Crippen LogP contribution >= 0.6 is 0 Å². The van der Waals surface area contributed by atoms with Crippen molar-refractivity contribution in [1.29, 1.82) is 0 Å². The van der Waals surface area contributed by atoms with Crippen LogP contribution in [0.3, 0.4) is 0 Å². The molecule has 2 aromatic rings. The number of hydrogen-bond acceptors (Lipinski definition) is 2. The van der Waals surface area contributed by atoms with Gasteiger partial charge in [-0.1, -0.05) is 24.3 Å². The maximum Gasteiger partial charge on any atom is 0.252 e. The highest BCUT2D eigenvalue weighted by molar-refractivity contribution is 5.96. The van der Waals surface area contributed by atoms with Crippen molar-refractivity contribution in [2.75, 3.05) is 5.73 Å². The summed E-state index contributed by atoms with van der Waals surface area (Å²) in [6.45, 7) is 5.93. The monoisotopic (exact) mass is 268 g/mol. The van der Waals surface area contributed by atoms with Crippen molar-refractivity contribution in [3.05, 3.63) is 64.7 Å². The lowest BCUT2D eigenvalue weighted by Gasteiger charge is -2.16. The fourth-order valence-electron chi connectivity index (χ4n) is 2.18. The molecule has 3 N–H and O–H groups in total. The molecule has 0 spiro atoms. The Morgan fingerprint density at radius 1 is 1.15 bits per heavy atom. The van der Waals surface area contributed by atoms with Crippen LogP contribution in [-0.2, 0) is 0 Å². The van der Waals surface area contributed by atoms with E-state index in [1.807, 2.05) is 63.2 Å². The third-order valence-corrected chi connectivity index (χ3v) is 3.61. The maximum atomic E-state index is 12.3. The van der Waals surface area contributed by atoms with Gasteiger partial charge in [-0.25, -0.2) is 0 Å². The van der Waals surface area contributed by atoms with Gasteiger partial charge in [0, 0.05) is 11.3 Å². The molecule has 0 heterocycles. The maximum absolute atomic E-state index is 12.3. The van der Waals surface area contributed by atoms with Crippen molar-refractivity contribution in [1.82, 2.24) is 5.32 Å². The molecule has 104 valence electrons. The Kier molecular flexibility index (Phi) is 4.08. The van der Waals surface area contributed by atoms with E-state index in [9.17, 15) is 4.79 Å². The van der Waals surface area contributed by atoms with Crippen molar-refractivity contribution < 1.29 is 4.79 Å². The van der Waals surface area contributed by atoms with Crippen molar-refractivity contribution in [2.45, 2.75) is 26.8 Å². The van der Waals surface area contributed by atoms with Crippen LogP contribution in [0.1, 0.15) is 40.0 Å². The first kappa shape index (κ1) is 14.1. The zero-order chi connectivity index (χ0) is 14.7. The van der Waals surface area contributed by atoms with Gasteiger partial charge in [-0.3, -0.25) is 4.79 Å². The van der Waals surface area contributed by atoms with Gasteiger partial charge >= 0.3 is 0 Å². The van der Waals surface area contributed by atoms with Gasteiger partial charge < -0.3 is 11.1 Å². The van der Waals surface area contributed by atoms with E-state index in [0.717, 1.165) is 22.3 Å². The largest absolute Gasteiger partial charge is 0.399 e. The summed E-state index contributed by atoms with van der Waals surface area (Å²) >= 11 is 0. The molecule has 0 saturated heterocycles. The Labute approximate surface area is 119 Å². The number of nitrogens with two attached hydrogens (primary N) is 1. The van der Waals surface area contributed by atoms with Crippen LogP contribution in [0, 0.1) is 13.8 Å². The zero-order valence-corrected chi connectivity index (χ0v) is 12.1. The van der Waals surface area contributed by atoms with E-state index >= 15 is 0 Å². The molecule has 0 aromatic heterocycles. The highest BCUT2D eigenvalue weighted by atomic mass is 16.1. The summed E-state index contributed by atoms with van der Waals surface area (Å²) in [6, 6.07) is 13.3. The molecular formula is C17H20N2O. The molecule has 1 atom stereocenters. The molecule has 0 fully saturated rings. The van der Waals surface area contributed by atoms with E-state index in [1.54, 1.807) is 0 Å². The van der Waals surface area contributed by atoms with Crippen LogP contribution in [0.25, 0.3) is 0 Å². The Bertz CT molecular complexity index is 635. The molecular weight excluding hydrogens is 248 g/mol. The molecule has 20 heavy (non-hydrogen) atoms. The van der Waals surface area contributed by atoms with Crippen LogP contribution in [0.15, 0.2) is 42.5 Å². The minimum atomic E-state index is -0.0779. The van der Waals surface area contributed by atoms with E-state index in [0.29, 0.717) is 5.69 Å². The minimum Gasteiger partial charge on any atom is -0.399 e. The van der Waals surface area contributed by atoms with Crippen molar-refractivity contribution >= 4 is 11.6 Å². The summed E-state index contributed by atoms with van der Waals surface area (Å²) in [6.07, 6.45) is 0. The highest BCUT2D eigenvalue weighted by Gasteiger charge is 2.14. The fourth-order valence-corrected chi connectivity index (χ4v) is 2.18. The van der Waals surface area contributed by atoms with Crippen LogP contribution in [0.5, 0.6) is 0 Å². The Morgan fingerprint density at radius 2 is 1.85 bits per heavy atom. The quantitative estimate of drug-likeness (QED) is 0.838. The number of anilines is 1. The van der Waals surface area contributed by atoms with E-state index < -0.39 is 0 Å². The van der Waals surface area contributed by atoms with E-state index in [1.165, 1.54) is 0 Å². The van der Waals surface area contributed by atoms with Gasteiger partial charge in [0.1, 0.15) is 0 Å². The Morgan fingerprint density at radius 3 is 2.55 bits per heavy atom.